The summed E-state index contributed by atoms with van der Waals surface area (Å²) in [4.78, 5) is 0. The van der Waals surface area contributed by atoms with Crippen LogP contribution in [0.15, 0.2) is 0 Å². The number of quaternary nitrogens is 1. The van der Waals surface area contributed by atoms with Crippen molar-refractivity contribution < 1.29 is 11.0 Å². The van der Waals surface area contributed by atoms with Gasteiger partial charge in [0.1, 0.15) is 0 Å². The standard InChI is InChI=1S/B.H3N.2H2O/h;1H3;2*1H2. The summed E-state index contributed by atoms with van der Waals surface area (Å²) in [5, 5.41) is 0. The third-order valence-corrected chi connectivity index (χ3v) is 0. The van der Waals surface area contributed by atoms with Gasteiger partial charge in [0.15, 0.2) is 0 Å². The molecule has 0 saturated carbocycles. The Morgan fingerprint density at radius 2 is 1.00 bits per heavy atom. The Hall–Kier alpha value is -0.0551. The predicted octanol–water partition coefficient (Wildman–Crippen LogP) is -1.01. The van der Waals surface area contributed by atoms with E-state index in [1.54, 1.807) is 0 Å². The molecule has 4 heavy (non-hydrogen) atoms. The lowest BCUT2D eigenvalue weighted by atomic mass is 10.8. The highest BCUT2D eigenvalue weighted by Gasteiger charge is 0.00000632. The van der Waals surface area contributed by atoms with Crippen LogP contribution in [0.4, 0.5) is 0 Å². The summed E-state index contributed by atoms with van der Waals surface area (Å²) in [6, 6.07) is 0. The highest BCUT2D eigenvalue weighted by Crippen LogP contribution is -0.288. The van der Waals surface area contributed by atoms with E-state index in [0.717, 1.165) is 0 Å². The summed E-state index contributed by atoms with van der Waals surface area (Å²) >= 11 is 0. The number of hydrogen-bond acceptors (Lipinski definition) is 1. The number of rotatable bonds is 0. The molecule has 0 amide bonds. The molecule has 7 N–H and O–H groups in total. The quantitative estimate of drug-likeness (QED) is 0.358. The van der Waals surface area contributed by atoms with Gasteiger partial charge in [-0.05, 0) is 0 Å². The SMILES string of the molecule is O.[B].[NH4+].[OH-]. The molecule has 4 heteroatoms. The first-order chi connectivity index (χ1) is 0. The zero-order chi connectivity index (χ0) is 0. The Morgan fingerprint density at radius 3 is 1.00 bits per heavy atom. The van der Waals surface area contributed by atoms with E-state index in [-0.39, 0.29) is 25.5 Å². The van der Waals surface area contributed by atoms with Crippen molar-refractivity contribution in [2.75, 3.05) is 0 Å². The van der Waals surface area contributed by atoms with Crippen molar-refractivity contribution in [3.63, 3.8) is 0 Å². The monoisotopic (exact) mass is 64.1 g/mol. The molecular formula is H7BNO2. The highest BCUT2D eigenvalue weighted by atomic mass is 16.0. The molecule has 0 aromatic heterocycles. The molecule has 0 bridgehead atoms. The molecule has 0 aliphatic rings. The maximum Gasteiger partial charge on any atom is 0 e. The second-order valence-corrected chi connectivity index (χ2v) is 0. The zero-order valence-corrected chi connectivity index (χ0v) is 2.52. The summed E-state index contributed by atoms with van der Waals surface area (Å²) in [6.45, 7) is 0. The first-order valence-corrected chi connectivity index (χ1v) is 0. The highest BCUT2D eigenvalue weighted by molar-refractivity contribution is 5.75. The second-order valence-electron chi connectivity index (χ2n) is 0. The van der Waals surface area contributed by atoms with E-state index in [4.69, 9.17) is 0 Å². The van der Waals surface area contributed by atoms with Gasteiger partial charge in [-0.25, -0.2) is 0 Å². The van der Waals surface area contributed by atoms with E-state index in [1.807, 2.05) is 0 Å². The third kappa shape index (κ3) is 573. The topological polar surface area (TPSA) is 98.0 Å². The van der Waals surface area contributed by atoms with Crippen LogP contribution >= 0.6 is 0 Å². The summed E-state index contributed by atoms with van der Waals surface area (Å²) in [5.41, 5.74) is 0. The second kappa shape index (κ2) is 3670. The van der Waals surface area contributed by atoms with Crippen molar-refractivity contribution in [1.82, 2.24) is 6.15 Å². The van der Waals surface area contributed by atoms with Crippen molar-refractivity contribution >= 4 is 8.41 Å². The van der Waals surface area contributed by atoms with Gasteiger partial charge in [0.05, 0.1) is 0 Å². The molecule has 0 heterocycles. The molecule has 0 saturated heterocycles. The van der Waals surface area contributed by atoms with E-state index >= 15 is 0 Å². The lowest BCUT2D eigenvalue weighted by molar-refractivity contribution is 0.823. The van der Waals surface area contributed by atoms with Crippen molar-refractivity contribution in [3.05, 3.63) is 0 Å². The van der Waals surface area contributed by atoms with E-state index in [0.29, 0.717) is 0 Å². The Labute approximate surface area is 26.8 Å². The van der Waals surface area contributed by atoms with Gasteiger partial charge in [-0.15, -0.1) is 0 Å². The average Bonchev–Trinajstić information content (AvgIpc) is 0. The minimum Gasteiger partial charge on any atom is -0.870 e. The molecule has 27 valence electrons. The summed E-state index contributed by atoms with van der Waals surface area (Å²) < 4.78 is 0. The summed E-state index contributed by atoms with van der Waals surface area (Å²) in [6.07, 6.45) is 0. The predicted molar refractivity (Wildman–Crippen MR) is 17.3 cm³/mol. The van der Waals surface area contributed by atoms with Crippen LogP contribution in [0.2, 0.25) is 0 Å². The first-order valence-electron chi connectivity index (χ1n) is 0. The fraction of sp³-hybridized carbons (Fsp3) is 0. The summed E-state index contributed by atoms with van der Waals surface area (Å²) in [5.74, 6) is 0. The minimum atomic E-state index is 0. The van der Waals surface area contributed by atoms with Gasteiger partial charge in [0.25, 0.3) is 0 Å². The maximum atomic E-state index is 0. The van der Waals surface area contributed by atoms with Crippen LogP contribution in [0.1, 0.15) is 0 Å². The van der Waals surface area contributed by atoms with Crippen molar-refractivity contribution in [1.29, 1.82) is 0 Å². The normalized spacial score (nSPS) is 0. The molecule has 0 aliphatic heterocycles. The van der Waals surface area contributed by atoms with Gasteiger partial charge >= 0.3 is 0 Å². The fourth-order valence-corrected chi connectivity index (χ4v) is 0. The smallest absolute Gasteiger partial charge is 0 e. The van der Waals surface area contributed by atoms with E-state index < -0.39 is 0 Å². The Balaban J connectivity index is 0. The fourth-order valence-electron chi connectivity index (χ4n) is 0. The molecule has 0 spiro atoms. The van der Waals surface area contributed by atoms with Crippen molar-refractivity contribution in [2.45, 2.75) is 0 Å². The molecule has 0 unspecified atom stereocenters. The Bertz CT molecular complexity index is 6.00. The lowest BCUT2D eigenvalue weighted by Crippen LogP contribution is -0.481. The first kappa shape index (κ1) is 11300. The van der Waals surface area contributed by atoms with Crippen LogP contribution in [0, 0.1) is 0 Å². The molecule has 0 rings (SSSR count). The molecule has 3 nitrogen and oxygen atoms in total. The Kier molecular flexibility index (Phi) is 10400000. The molecule has 0 atom stereocenters. The van der Waals surface area contributed by atoms with Crippen LogP contribution in [-0.2, 0) is 0 Å². The molecule has 0 fully saturated rings. The van der Waals surface area contributed by atoms with Gasteiger partial charge < -0.3 is 17.1 Å². The van der Waals surface area contributed by atoms with Gasteiger partial charge in [-0.2, -0.15) is 0 Å². The van der Waals surface area contributed by atoms with Gasteiger partial charge in [0.2, 0.25) is 0 Å². The van der Waals surface area contributed by atoms with Gasteiger partial charge in [0, 0.05) is 8.41 Å². The molecule has 3 radical (unpaired) electrons. The van der Waals surface area contributed by atoms with Gasteiger partial charge in [-0.1, -0.05) is 0 Å². The minimum absolute atomic E-state index is 0. The van der Waals surface area contributed by atoms with Crippen LogP contribution in [0.5, 0.6) is 0 Å². The lowest BCUT2D eigenvalue weighted by Gasteiger charge is -0.870. The van der Waals surface area contributed by atoms with Crippen LogP contribution in [0.3, 0.4) is 0 Å². The van der Waals surface area contributed by atoms with Crippen molar-refractivity contribution in [3.8, 4) is 0 Å². The molecule has 0 aromatic rings. The van der Waals surface area contributed by atoms with Gasteiger partial charge in [-0.3, -0.25) is 0 Å². The van der Waals surface area contributed by atoms with Crippen molar-refractivity contribution in [2.24, 2.45) is 0 Å². The average molecular weight is 63.9 g/mol. The van der Waals surface area contributed by atoms with E-state index in [2.05, 4.69) is 0 Å². The zero-order valence-electron chi connectivity index (χ0n) is 2.52. The summed E-state index contributed by atoms with van der Waals surface area (Å²) in [7, 11) is 0. The van der Waals surface area contributed by atoms with E-state index in [9.17, 15) is 0 Å². The van der Waals surface area contributed by atoms with E-state index in [1.165, 1.54) is 0 Å². The third-order valence-electron chi connectivity index (χ3n) is 0. The number of hydrogen-bond donors (Lipinski definition) is 1. The Morgan fingerprint density at radius 1 is 1.00 bits per heavy atom. The van der Waals surface area contributed by atoms with Crippen LogP contribution < -0.4 is 6.15 Å². The molecule has 0 aliphatic carbocycles. The maximum absolute atomic E-state index is 0. The largest absolute Gasteiger partial charge is 0.870 e. The molecule has 0 aromatic carbocycles. The van der Waals surface area contributed by atoms with Crippen LogP contribution in [0.25, 0.3) is 0 Å². The van der Waals surface area contributed by atoms with Crippen LogP contribution in [-0.4, -0.2) is 19.4 Å². The molecular weight excluding hydrogens is 56.8 g/mol.